The van der Waals surface area contributed by atoms with E-state index in [1.807, 2.05) is 38.1 Å². The molecule has 0 heterocycles. The molecule has 1 amide bonds. The Labute approximate surface area is 155 Å². The van der Waals surface area contributed by atoms with Crippen LogP contribution in [0.15, 0.2) is 48.5 Å². The summed E-state index contributed by atoms with van der Waals surface area (Å²) in [5.41, 5.74) is 4.66. The van der Waals surface area contributed by atoms with Crippen LogP contribution < -0.4 is 5.32 Å². The van der Waals surface area contributed by atoms with Gasteiger partial charge in [-0.1, -0.05) is 62.4 Å². The predicted molar refractivity (Wildman–Crippen MR) is 103 cm³/mol. The van der Waals surface area contributed by atoms with Gasteiger partial charge in [0, 0.05) is 12.5 Å². The average molecular weight is 353 g/mol. The number of fused-ring (bicyclic) bond motifs is 3. The third-order valence-electron chi connectivity index (χ3n) is 4.90. The second-order valence-electron chi connectivity index (χ2n) is 7.90. The number of aliphatic hydroxyl groups excluding tert-OH is 1. The van der Waals surface area contributed by atoms with Crippen molar-refractivity contribution in [2.75, 3.05) is 13.2 Å². The Bertz CT molecular complexity index is 737. The van der Waals surface area contributed by atoms with E-state index in [9.17, 15) is 9.90 Å². The molecule has 0 spiro atoms. The second kappa shape index (κ2) is 7.50. The molecule has 4 heteroatoms. The zero-order chi connectivity index (χ0) is 18.7. The molecule has 0 aliphatic heterocycles. The van der Waals surface area contributed by atoms with Gasteiger partial charge in [0.15, 0.2) is 0 Å². The molecule has 2 aromatic rings. The Kier molecular flexibility index (Phi) is 5.33. The summed E-state index contributed by atoms with van der Waals surface area (Å²) in [6.07, 6.45) is -0.184. The molecule has 4 nitrogen and oxygen atoms in total. The van der Waals surface area contributed by atoms with E-state index in [-0.39, 0.29) is 11.3 Å². The summed E-state index contributed by atoms with van der Waals surface area (Å²) in [5.74, 6) is 0.0682. The number of hydrogen-bond acceptors (Lipinski definition) is 3. The molecule has 138 valence electrons. The molecular weight excluding hydrogens is 326 g/mol. The number of carbonyl (C=O) groups excluding carboxylic acids is 1. The number of carbonyl (C=O) groups is 1. The highest BCUT2D eigenvalue weighted by Gasteiger charge is 2.29. The van der Waals surface area contributed by atoms with Gasteiger partial charge >= 0.3 is 6.09 Å². The quantitative estimate of drug-likeness (QED) is 0.813. The summed E-state index contributed by atoms with van der Waals surface area (Å²) in [6.45, 7) is 6.58. The van der Waals surface area contributed by atoms with E-state index < -0.39 is 12.2 Å². The maximum atomic E-state index is 12.2. The number of rotatable bonds is 6. The first kappa shape index (κ1) is 18.5. The van der Waals surface area contributed by atoms with Crippen molar-refractivity contribution in [1.29, 1.82) is 0 Å². The van der Waals surface area contributed by atoms with Gasteiger partial charge in [-0.2, -0.15) is 0 Å². The molecule has 0 saturated heterocycles. The summed E-state index contributed by atoms with van der Waals surface area (Å²) in [4.78, 5) is 12.2. The van der Waals surface area contributed by atoms with Crippen LogP contribution in [-0.2, 0) is 4.74 Å². The largest absolute Gasteiger partial charge is 0.449 e. The van der Waals surface area contributed by atoms with Crippen LogP contribution in [0, 0.1) is 5.41 Å². The van der Waals surface area contributed by atoms with Gasteiger partial charge in [-0.05, 0) is 41.0 Å². The topological polar surface area (TPSA) is 58.6 Å². The van der Waals surface area contributed by atoms with Crippen LogP contribution in [0.5, 0.6) is 0 Å². The first-order chi connectivity index (χ1) is 12.4. The number of benzene rings is 2. The van der Waals surface area contributed by atoms with Gasteiger partial charge in [0.05, 0.1) is 6.10 Å². The summed E-state index contributed by atoms with van der Waals surface area (Å²) < 4.78 is 5.53. The lowest BCUT2D eigenvalue weighted by molar-refractivity contribution is 0.116. The lowest BCUT2D eigenvalue weighted by atomic mass is 9.87. The van der Waals surface area contributed by atoms with Crippen LogP contribution in [0.4, 0.5) is 4.79 Å². The molecular formula is C22H27NO3. The van der Waals surface area contributed by atoms with Crippen molar-refractivity contribution in [3.05, 3.63) is 59.7 Å². The minimum absolute atomic E-state index is 0.0682. The third kappa shape index (κ3) is 4.07. The number of alkyl carbamates (subject to hydrolysis) is 1. The fourth-order valence-electron chi connectivity index (χ4n) is 3.83. The third-order valence-corrected chi connectivity index (χ3v) is 4.90. The molecule has 0 radical (unpaired) electrons. The zero-order valence-electron chi connectivity index (χ0n) is 15.7. The summed E-state index contributed by atoms with van der Waals surface area (Å²) >= 11 is 0. The van der Waals surface area contributed by atoms with E-state index in [1.165, 1.54) is 22.3 Å². The standard InChI is InChI=1S/C22H27NO3/c1-15(24)12-22(2,3)14-23-21(25)26-13-20-18-10-6-4-8-16(18)17-9-5-7-11-19(17)20/h4-11,15,20,24H,12-14H2,1-3H3,(H,23,25). The second-order valence-corrected chi connectivity index (χ2v) is 7.90. The molecule has 1 atom stereocenters. The molecule has 1 aliphatic carbocycles. The SMILES string of the molecule is CC(O)CC(C)(C)CNC(=O)OCC1c2ccccc2-c2ccccc21. The van der Waals surface area contributed by atoms with Crippen LogP contribution in [0.1, 0.15) is 44.2 Å². The smallest absolute Gasteiger partial charge is 0.407 e. The Morgan fingerprint density at radius 2 is 1.65 bits per heavy atom. The highest BCUT2D eigenvalue weighted by atomic mass is 16.5. The Morgan fingerprint density at radius 1 is 1.12 bits per heavy atom. The lowest BCUT2D eigenvalue weighted by Crippen LogP contribution is -2.36. The average Bonchev–Trinajstić information content (AvgIpc) is 2.91. The number of aliphatic hydroxyl groups is 1. The van der Waals surface area contributed by atoms with E-state index in [1.54, 1.807) is 6.92 Å². The van der Waals surface area contributed by atoms with Gasteiger partial charge in [0.2, 0.25) is 0 Å². The van der Waals surface area contributed by atoms with E-state index in [0.29, 0.717) is 19.6 Å². The number of hydrogen-bond donors (Lipinski definition) is 2. The maximum Gasteiger partial charge on any atom is 0.407 e. The minimum atomic E-state index is -0.412. The zero-order valence-corrected chi connectivity index (χ0v) is 15.7. The van der Waals surface area contributed by atoms with Crippen LogP contribution in [0.3, 0.4) is 0 Å². The van der Waals surface area contributed by atoms with Crippen molar-refractivity contribution in [1.82, 2.24) is 5.32 Å². The molecule has 0 fully saturated rings. The van der Waals surface area contributed by atoms with Gasteiger partial charge in [-0.25, -0.2) is 4.79 Å². The van der Waals surface area contributed by atoms with Crippen molar-refractivity contribution >= 4 is 6.09 Å². The van der Waals surface area contributed by atoms with Gasteiger partial charge in [0.1, 0.15) is 6.61 Å². The van der Waals surface area contributed by atoms with Crippen LogP contribution >= 0.6 is 0 Å². The van der Waals surface area contributed by atoms with E-state index in [0.717, 1.165) is 0 Å². The predicted octanol–water partition coefficient (Wildman–Crippen LogP) is 4.32. The Morgan fingerprint density at radius 3 is 2.19 bits per heavy atom. The van der Waals surface area contributed by atoms with Crippen molar-refractivity contribution in [2.24, 2.45) is 5.41 Å². The lowest BCUT2D eigenvalue weighted by Gasteiger charge is -2.26. The van der Waals surface area contributed by atoms with Crippen molar-refractivity contribution in [3.63, 3.8) is 0 Å². The van der Waals surface area contributed by atoms with E-state index >= 15 is 0 Å². The van der Waals surface area contributed by atoms with Crippen molar-refractivity contribution in [3.8, 4) is 11.1 Å². The van der Waals surface area contributed by atoms with Crippen molar-refractivity contribution in [2.45, 2.75) is 39.2 Å². The fourth-order valence-corrected chi connectivity index (χ4v) is 3.83. The van der Waals surface area contributed by atoms with Gasteiger partial charge in [0.25, 0.3) is 0 Å². The van der Waals surface area contributed by atoms with Gasteiger partial charge in [-0.3, -0.25) is 0 Å². The van der Waals surface area contributed by atoms with Crippen molar-refractivity contribution < 1.29 is 14.6 Å². The fraction of sp³-hybridized carbons (Fsp3) is 0.409. The number of nitrogens with one attached hydrogen (secondary N) is 1. The number of ether oxygens (including phenoxy) is 1. The minimum Gasteiger partial charge on any atom is -0.449 e. The maximum absolute atomic E-state index is 12.2. The summed E-state index contributed by atoms with van der Waals surface area (Å²) in [6, 6.07) is 16.6. The van der Waals surface area contributed by atoms with Crippen LogP contribution in [-0.4, -0.2) is 30.5 Å². The Balaban J connectivity index is 1.62. The highest BCUT2D eigenvalue weighted by molar-refractivity contribution is 5.79. The highest BCUT2D eigenvalue weighted by Crippen LogP contribution is 2.44. The number of amides is 1. The first-order valence-electron chi connectivity index (χ1n) is 9.14. The van der Waals surface area contributed by atoms with Crippen LogP contribution in [0.2, 0.25) is 0 Å². The monoisotopic (exact) mass is 353 g/mol. The molecule has 26 heavy (non-hydrogen) atoms. The molecule has 1 aliphatic rings. The Hall–Kier alpha value is -2.33. The summed E-state index contributed by atoms with van der Waals surface area (Å²) in [7, 11) is 0. The molecule has 2 N–H and O–H groups in total. The van der Waals surface area contributed by atoms with Gasteiger partial charge in [-0.15, -0.1) is 0 Å². The molecule has 0 saturated carbocycles. The molecule has 1 unspecified atom stereocenters. The van der Waals surface area contributed by atoms with E-state index in [4.69, 9.17) is 4.74 Å². The summed E-state index contributed by atoms with van der Waals surface area (Å²) in [5, 5.41) is 12.4. The molecule has 2 aromatic carbocycles. The first-order valence-corrected chi connectivity index (χ1v) is 9.14. The normalized spacial score (nSPS) is 14.5. The van der Waals surface area contributed by atoms with E-state index in [2.05, 4.69) is 29.6 Å². The van der Waals surface area contributed by atoms with Crippen LogP contribution in [0.25, 0.3) is 11.1 Å². The van der Waals surface area contributed by atoms with Gasteiger partial charge < -0.3 is 15.2 Å². The molecule has 0 bridgehead atoms. The molecule has 3 rings (SSSR count). The molecule has 0 aromatic heterocycles.